The lowest BCUT2D eigenvalue weighted by atomic mass is 9.96. The average molecular weight is 325 g/mol. The van der Waals surface area contributed by atoms with Gasteiger partial charge in [0, 0.05) is 25.1 Å². The minimum atomic E-state index is -0.282. The molecular formula is C17H19N5O2. The maximum absolute atomic E-state index is 12.2. The molecule has 7 heteroatoms. The van der Waals surface area contributed by atoms with E-state index in [2.05, 4.69) is 10.2 Å². The number of aromatic nitrogens is 3. The number of nitrogens with zero attached hydrogens (tertiary/aromatic N) is 4. The van der Waals surface area contributed by atoms with Crippen LogP contribution in [0.2, 0.25) is 0 Å². The van der Waals surface area contributed by atoms with E-state index in [9.17, 15) is 9.59 Å². The molecule has 2 aromatic rings. The zero-order valence-electron chi connectivity index (χ0n) is 13.2. The molecule has 1 saturated heterocycles. The Kier molecular flexibility index (Phi) is 4.69. The molecule has 2 N–H and O–H groups in total. The van der Waals surface area contributed by atoms with Crippen molar-refractivity contribution >= 4 is 17.9 Å². The summed E-state index contributed by atoms with van der Waals surface area (Å²) in [7, 11) is 0. The molecule has 0 unspecified atom stereocenters. The third-order valence-electron chi connectivity index (χ3n) is 4.10. The van der Waals surface area contributed by atoms with Crippen LogP contribution in [0.5, 0.6) is 0 Å². The van der Waals surface area contributed by atoms with E-state index in [1.54, 1.807) is 17.2 Å². The highest BCUT2D eigenvalue weighted by Gasteiger charge is 2.24. The van der Waals surface area contributed by atoms with Crippen molar-refractivity contribution in [3.05, 3.63) is 48.3 Å². The first-order valence-electron chi connectivity index (χ1n) is 7.87. The van der Waals surface area contributed by atoms with E-state index in [-0.39, 0.29) is 17.7 Å². The first-order chi connectivity index (χ1) is 11.6. The van der Waals surface area contributed by atoms with Gasteiger partial charge in [0.15, 0.2) is 0 Å². The Hall–Kier alpha value is -2.96. The molecule has 1 aliphatic heterocycles. The van der Waals surface area contributed by atoms with Crippen LogP contribution < -0.4 is 5.73 Å². The summed E-state index contributed by atoms with van der Waals surface area (Å²) in [5.74, 6) is -0.494. The molecule has 1 aromatic heterocycles. The van der Waals surface area contributed by atoms with Crippen molar-refractivity contribution in [2.75, 3.05) is 13.1 Å². The first-order valence-corrected chi connectivity index (χ1v) is 7.87. The Bertz CT molecular complexity index is 745. The van der Waals surface area contributed by atoms with E-state index >= 15 is 0 Å². The van der Waals surface area contributed by atoms with Gasteiger partial charge in [-0.15, -0.1) is 5.10 Å². The molecule has 2 amide bonds. The highest BCUT2D eigenvalue weighted by molar-refractivity contribution is 5.91. The van der Waals surface area contributed by atoms with Gasteiger partial charge in [0.25, 0.3) is 0 Å². The third-order valence-corrected chi connectivity index (χ3v) is 4.10. The number of nitrogens with two attached hydrogens (primary N) is 1. The van der Waals surface area contributed by atoms with Crippen LogP contribution in [0.25, 0.3) is 11.8 Å². The Morgan fingerprint density at radius 2 is 1.88 bits per heavy atom. The molecule has 1 fully saturated rings. The minimum Gasteiger partial charge on any atom is -0.369 e. The lowest BCUT2D eigenvalue weighted by Crippen LogP contribution is -2.41. The third kappa shape index (κ3) is 3.68. The highest BCUT2D eigenvalue weighted by atomic mass is 16.2. The van der Waals surface area contributed by atoms with Crippen LogP contribution in [0.3, 0.4) is 0 Å². The predicted octanol–water partition coefficient (Wildman–Crippen LogP) is 1.00. The van der Waals surface area contributed by atoms with Gasteiger partial charge >= 0.3 is 0 Å². The molecule has 0 atom stereocenters. The van der Waals surface area contributed by atoms with Crippen LogP contribution in [0.15, 0.2) is 42.6 Å². The van der Waals surface area contributed by atoms with E-state index in [1.807, 2.05) is 30.3 Å². The summed E-state index contributed by atoms with van der Waals surface area (Å²) in [6, 6.07) is 9.55. The summed E-state index contributed by atoms with van der Waals surface area (Å²) in [6.45, 7) is 1.10. The number of carbonyl (C=O) groups excluding carboxylic acids is 2. The average Bonchev–Trinajstić information content (AvgIpc) is 3.09. The Balaban J connectivity index is 1.59. The second-order valence-electron chi connectivity index (χ2n) is 5.73. The molecule has 0 spiro atoms. The topological polar surface area (TPSA) is 94.1 Å². The number of hydrogen-bond donors (Lipinski definition) is 1. The highest BCUT2D eigenvalue weighted by Crippen LogP contribution is 2.17. The van der Waals surface area contributed by atoms with Crippen molar-refractivity contribution in [2.45, 2.75) is 12.8 Å². The van der Waals surface area contributed by atoms with Gasteiger partial charge in [-0.3, -0.25) is 9.59 Å². The van der Waals surface area contributed by atoms with E-state index in [1.165, 1.54) is 10.9 Å². The zero-order chi connectivity index (χ0) is 16.9. The van der Waals surface area contributed by atoms with Crippen molar-refractivity contribution < 1.29 is 9.59 Å². The van der Waals surface area contributed by atoms with Crippen LogP contribution in [0, 0.1) is 5.92 Å². The lowest BCUT2D eigenvalue weighted by Gasteiger charge is -2.29. The van der Waals surface area contributed by atoms with Crippen LogP contribution in [-0.2, 0) is 9.59 Å². The molecule has 124 valence electrons. The largest absolute Gasteiger partial charge is 0.369 e. The summed E-state index contributed by atoms with van der Waals surface area (Å²) in [5.41, 5.74) is 6.77. The number of amides is 2. The van der Waals surface area contributed by atoms with Gasteiger partial charge in [0.05, 0.1) is 11.9 Å². The maximum atomic E-state index is 12.2. The van der Waals surface area contributed by atoms with Crippen molar-refractivity contribution in [3.8, 4) is 5.69 Å². The van der Waals surface area contributed by atoms with Gasteiger partial charge in [0.1, 0.15) is 5.69 Å². The fourth-order valence-electron chi connectivity index (χ4n) is 2.68. The van der Waals surface area contributed by atoms with Gasteiger partial charge in [-0.1, -0.05) is 18.2 Å². The Morgan fingerprint density at radius 1 is 1.17 bits per heavy atom. The van der Waals surface area contributed by atoms with Crippen LogP contribution in [0.4, 0.5) is 0 Å². The number of para-hydroxylation sites is 1. The fourth-order valence-corrected chi connectivity index (χ4v) is 2.68. The molecule has 24 heavy (non-hydrogen) atoms. The van der Waals surface area contributed by atoms with Crippen LogP contribution >= 0.6 is 0 Å². The Morgan fingerprint density at radius 3 is 2.54 bits per heavy atom. The smallest absolute Gasteiger partial charge is 0.246 e. The molecule has 3 rings (SSSR count). The van der Waals surface area contributed by atoms with Gasteiger partial charge in [-0.2, -0.15) is 9.90 Å². The number of likely N-dealkylation sites (tertiary alicyclic amines) is 1. The number of piperidine rings is 1. The molecule has 2 heterocycles. The van der Waals surface area contributed by atoms with Gasteiger partial charge < -0.3 is 10.6 Å². The maximum Gasteiger partial charge on any atom is 0.246 e. The van der Waals surface area contributed by atoms with Crippen molar-refractivity contribution in [3.63, 3.8) is 0 Å². The SMILES string of the molecule is NC(=O)C1CCN(C(=O)/C=C/c2cnn(-c3ccccc3)n2)CC1. The van der Waals surface area contributed by atoms with E-state index in [0.29, 0.717) is 31.6 Å². The normalized spacial score (nSPS) is 15.8. The van der Waals surface area contributed by atoms with E-state index in [0.717, 1.165) is 5.69 Å². The van der Waals surface area contributed by atoms with Crippen LogP contribution in [0.1, 0.15) is 18.5 Å². The van der Waals surface area contributed by atoms with E-state index < -0.39 is 0 Å². The number of benzene rings is 1. The minimum absolute atomic E-state index is 0.0906. The molecule has 0 bridgehead atoms. The molecule has 1 aromatic carbocycles. The predicted molar refractivity (Wildman–Crippen MR) is 88.9 cm³/mol. The zero-order valence-corrected chi connectivity index (χ0v) is 13.2. The van der Waals surface area contributed by atoms with E-state index in [4.69, 9.17) is 5.73 Å². The number of hydrogen-bond acceptors (Lipinski definition) is 4. The summed E-state index contributed by atoms with van der Waals surface area (Å²) in [4.78, 5) is 26.6. The summed E-state index contributed by atoms with van der Waals surface area (Å²) in [6.07, 6.45) is 5.99. The number of rotatable bonds is 4. The fraction of sp³-hybridized carbons (Fsp3) is 0.294. The standard InChI is InChI=1S/C17H19N5O2/c18-17(24)13-8-10-21(11-9-13)16(23)7-6-14-12-19-22(20-14)15-4-2-1-3-5-15/h1-7,12-13H,8-11H2,(H2,18,24)/b7-6+. The molecule has 0 radical (unpaired) electrons. The van der Waals surface area contributed by atoms with Gasteiger partial charge in [0.2, 0.25) is 11.8 Å². The molecule has 1 aliphatic rings. The molecular weight excluding hydrogens is 306 g/mol. The second kappa shape index (κ2) is 7.08. The quantitative estimate of drug-likeness (QED) is 0.849. The van der Waals surface area contributed by atoms with Crippen molar-refractivity contribution in [1.82, 2.24) is 19.9 Å². The molecule has 0 saturated carbocycles. The summed E-state index contributed by atoms with van der Waals surface area (Å²) >= 11 is 0. The van der Waals surface area contributed by atoms with Gasteiger partial charge in [-0.25, -0.2) is 0 Å². The molecule has 7 nitrogen and oxygen atoms in total. The summed E-state index contributed by atoms with van der Waals surface area (Å²) in [5, 5.41) is 8.50. The number of primary amides is 1. The molecule has 0 aliphatic carbocycles. The summed E-state index contributed by atoms with van der Waals surface area (Å²) < 4.78 is 0. The van der Waals surface area contributed by atoms with Gasteiger partial charge in [-0.05, 0) is 31.1 Å². The lowest BCUT2D eigenvalue weighted by molar-refractivity contribution is -0.130. The van der Waals surface area contributed by atoms with Crippen LogP contribution in [-0.4, -0.2) is 44.8 Å². The Labute approximate surface area is 139 Å². The monoisotopic (exact) mass is 325 g/mol. The first kappa shape index (κ1) is 15.9. The number of carbonyl (C=O) groups is 2. The van der Waals surface area contributed by atoms with Crippen molar-refractivity contribution in [1.29, 1.82) is 0 Å². The second-order valence-corrected chi connectivity index (χ2v) is 5.73. The van der Waals surface area contributed by atoms with Crippen molar-refractivity contribution in [2.24, 2.45) is 11.7 Å².